The Morgan fingerprint density at radius 1 is 0.926 bits per heavy atom. The molecule has 4 nitrogen and oxygen atoms in total. The van der Waals surface area contributed by atoms with Gasteiger partial charge in [-0.25, -0.2) is 4.98 Å². The number of para-hydroxylation sites is 2. The van der Waals surface area contributed by atoms with Crippen LogP contribution in [0.5, 0.6) is 17.2 Å². The summed E-state index contributed by atoms with van der Waals surface area (Å²) in [6, 6.07) is 21.5. The van der Waals surface area contributed by atoms with E-state index >= 15 is 0 Å². The van der Waals surface area contributed by atoms with E-state index in [1.807, 2.05) is 54.6 Å². The summed E-state index contributed by atoms with van der Waals surface area (Å²) in [4.78, 5) is 8.00. The number of imidazole rings is 1. The SMILES string of the molecule is COc1ccc(Oc2cccc(CCc3nc4ccccc4[nH]3)c2)c(Cl)c1. The van der Waals surface area contributed by atoms with E-state index in [9.17, 15) is 0 Å². The van der Waals surface area contributed by atoms with E-state index in [-0.39, 0.29) is 0 Å². The van der Waals surface area contributed by atoms with Gasteiger partial charge in [-0.3, -0.25) is 0 Å². The standard InChI is InChI=1S/C22H19ClN2O2/c1-26-16-10-11-21(18(23)14-16)27-17-6-4-5-15(13-17)9-12-22-24-19-7-2-3-8-20(19)25-22/h2-8,10-11,13-14H,9,12H2,1H3,(H,24,25). The van der Waals surface area contributed by atoms with E-state index < -0.39 is 0 Å². The zero-order chi connectivity index (χ0) is 18.6. The number of hydrogen-bond acceptors (Lipinski definition) is 3. The lowest BCUT2D eigenvalue weighted by Crippen LogP contribution is -1.94. The molecule has 4 rings (SSSR count). The van der Waals surface area contributed by atoms with Gasteiger partial charge < -0.3 is 14.5 Å². The van der Waals surface area contributed by atoms with Gasteiger partial charge in [-0.1, -0.05) is 35.9 Å². The molecule has 1 aromatic heterocycles. The maximum absolute atomic E-state index is 6.26. The zero-order valence-corrected chi connectivity index (χ0v) is 15.7. The predicted molar refractivity (Wildman–Crippen MR) is 108 cm³/mol. The molecule has 0 aliphatic heterocycles. The predicted octanol–water partition coefficient (Wildman–Crippen LogP) is 5.80. The van der Waals surface area contributed by atoms with Crippen molar-refractivity contribution in [2.45, 2.75) is 12.8 Å². The molecule has 0 saturated carbocycles. The molecule has 0 radical (unpaired) electrons. The molecule has 1 heterocycles. The second-order valence-electron chi connectivity index (χ2n) is 6.25. The van der Waals surface area contributed by atoms with Gasteiger partial charge >= 0.3 is 0 Å². The van der Waals surface area contributed by atoms with E-state index in [4.69, 9.17) is 21.1 Å². The number of ether oxygens (including phenoxy) is 2. The first-order chi connectivity index (χ1) is 13.2. The number of benzene rings is 3. The number of methoxy groups -OCH3 is 1. The van der Waals surface area contributed by atoms with Crippen molar-refractivity contribution in [3.63, 3.8) is 0 Å². The number of rotatable bonds is 6. The summed E-state index contributed by atoms with van der Waals surface area (Å²) >= 11 is 6.26. The lowest BCUT2D eigenvalue weighted by Gasteiger charge is -2.10. The molecule has 0 amide bonds. The smallest absolute Gasteiger partial charge is 0.146 e. The molecule has 0 aliphatic carbocycles. The van der Waals surface area contributed by atoms with Crippen molar-refractivity contribution in [3.05, 3.63) is 83.1 Å². The van der Waals surface area contributed by atoms with Crippen LogP contribution in [0.2, 0.25) is 5.02 Å². The fraction of sp³-hybridized carbons (Fsp3) is 0.136. The highest BCUT2D eigenvalue weighted by Crippen LogP contribution is 2.32. The molecule has 0 unspecified atom stereocenters. The lowest BCUT2D eigenvalue weighted by atomic mass is 10.1. The molecule has 0 saturated heterocycles. The number of nitrogens with one attached hydrogen (secondary N) is 1. The Kier molecular flexibility index (Phi) is 4.99. The van der Waals surface area contributed by atoms with Crippen LogP contribution in [0.25, 0.3) is 11.0 Å². The van der Waals surface area contributed by atoms with Gasteiger partial charge in [0.2, 0.25) is 0 Å². The Hall–Kier alpha value is -2.98. The van der Waals surface area contributed by atoms with E-state index in [1.54, 1.807) is 13.2 Å². The van der Waals surface area contributed by atoms with Crippen LogP contribution in [-0.2, 0) is 12.8 Å². The molecular formula is C22H19ClN2O2. The first-order valence-electron chi connectivity index (χ1n) is 8.75. The lowest BCUT2D eigenvalue weighted by molar-refractivity contribution is 0.413. The highest BCUT2D eigenvalue weighted by atomic mass is 35.5. The first kappa shape index (κ1) is 17.4. The molecule has 4 aromatic rings. The highest BCUT2D eigenvalue weighted by molar-refractivity contribution is 6.32. The van der Waals surface area contributed by atoms with Crippen LogP contribution in [0, 0.1) is 0 Å². The fourth-order valence-electron chi connectivity index (χ4n) is 2.97. The molecule has 0 aliphatic rings. The number of halogens is 1. The number of aromatic nitrogens is 2. The van der Waals surface area contributed by atoms with Crippen molar-refractivity contribution in [3.8, 4) is 17.2 Å². The van der Waals surface area contributed by atoms with E-state index in [2.05, 4.69) is 16.0 Å². The van der Waals surface area contributed by atoms with Crippen molar-refractivity contribution in [2.24, 2.45) is 0 Å². The van der Waals surface area contributed by atoms with E-state index in [1.165, 1.54) is 5.56 Å². The van der Waals surface area contributed by atoms with Crippen LogP contribution in [0.4, 0.5) is 0 Å². The molecule has 3 aromatic carbocycles. The number of hydrogen-bond donors (Lipinski definition) is 1. The maximum atomic E-state index is 6.26. The quantitative estimate of drug-likeness (QED) is 0.461. The molecule has 5 heteroatoms. The molecule has 27 heavy (non-hydrogen) atoms. The van der Waals surface area contributed by atoms with Gasteiger partial charge in [0.25, 0.3) is 0 Å². The van der Waals surface area contributed by atoms with Gasteiger partial charge in [0, 0.05) is 12.5 Å². The van der Waals surface area contributed by atoms with E-state index in [0.29, 0.717) is 16.5 Å². The molecule has 0 atom stereocenters. The van der Waals surface area contributed by atoms with Crippen LogP contribution in [0.1, 0.15) is 11.4 Å². The minimum Gasteiger partial charge on any atom is -0.497 e. The monoisotopic (exact) mass is 378 g/mol. The Morgan fingerprint density at radius 3 is 2.63 bits per heavy atom. The number of H-pyrrole nitrogens is 1. The fourth-order valence-corrected chi connectivity index (χ4v) is 3.18. The third kappa shape index (κ3) is 4.07. The van der Waals surface area contributed by atoms with Crippen LogP contribution < -0.4 is 9.47 Å². The second kappa shape index (κ2) is 7.72. The largest absolute Gasteiger partial charge is 0.497 e. The van der Waals surface area contributed by atoms with Crippen molar-refractivity contribution in [1.29, 1.82) is 0 Å². The van der Waals surface area contributed by atoms with Gasteiger partial charge in [-0.15, -0.1) is 0 Å². The Labute approximate surface area is 162 Å². The molecule has 0 bridgehead atoms. The van der Waals surface area contributed by atoms with Gasteiger partial charge in [-0.05, 0) is 48.4 Å². The average Bonchev–Trinajstić information content (AvgIpc) is 3.11. The summed E-state index contributed by atoms with van der Waals surface area (Å²) < 4.78 is 11.1. The number of nitrogens with zero attached hydrogens (tertiary/aromatic N) is 1. The van der Waals surface area contributed by atoms with Gasteiger partial charge in [0.1, 0.15) is 23.1 Å². The van der Waals surface area contributed by atoms with Crippen LogP contribution in [0.15, 0.2) is 66.7 Å². The van der Waals surface area contributed by atoms with Crippen molar-refractivity contribution < 1.29 is 9.47 Å². The summed E-state index contributed by atoms with van der Waals surface area (Å²) in [5.41, 5.74) is 3.25. The number of fused-ring (bicyclic) bond motifs is 1. The summed E-state index contributed by atoms with van der Waals surface area (Å²) in [6.07, 6.45) is 1.70. The zero-order valence-electron chi connectivity index (χ0n) is 14.9. The third-order valence-electron chi connectivity index (χ3n) is 4.35. The summed E-state index contributed by atoms with van der Waals surface area (Å²) in [5, 5.41) is 0.516. The molecule has 0 spiro atoms. The van der Waals surface area contributed by atoms with Gasteiger partial charge in [0.05, 0.1) is 23.2 Å². The molecule has 136 valence electrons. The Bertz CT molecular complexity index is 1040. The number of aryl methyl sites for hydroxylation is 2. The minimum atomic E-state index is 0.516. The summed E-state index contributed by atoms with van der Waals surface area (Å²) in [7, 11) is 1.61. The summed E-state index contributed by atoms with van der Waals surface area (Å²) in [5.74, 6) is 3.05. The average molecular weight is 379 g/mol. The Balaban J connectivity index is 1.45. The number of aromatic amines is 1. The van der Waals surface area contributed by atoms with Crippen LogP contribution in [-0.4, -0.2) is 17.1 Å². The molecule has 1 N–H and O–H groups in total. The summed E-state index contributed by atoms with van der Waals surface area (Å²) in [6.45, 7) is 0. The van der Waals surface area contributed by atoms with E-state index in [0.717, 1.165) is 35.4 Å². The highest BCUT2D eigenvalue weighted by Gasteiger charge is 2.07. The minimum absolute atomic E-state index is 0.516. The molecule has 0 fully saturated rings. The first-order valence-corrected chi connectivity index (χ1v) is 9.13. The third-order valence-corrected chi connectivity index (χ3v) is 4.65. The van der Waals surface area contributed by atoms with Gasteiger partial charge in [-0.2, -0.15) is 0 Å². The van der Waals surface area contributed by atoms with Crippen molar-refractivity contribution >= 4 is 22.6 Å². The van der Waals surface area contributed by atoms with Gasteiger partial charge in [0.15, 0.2) is 0 Å². The normalized spacial score (nSPS) is 10.9. The van der Waals surface area contributed by atoms with Crippen molar-refractivity contribution in [1.82, 2.24) is 9.97 Å². The maximum Gasteiger partial charge on any atom is 0.146 e. The second-order valence-corrected chi connectivity index (χ2v) is 6.65. The Morgan fingerprint density at radius 2 is 1.81 bits per heavy atom. The van der Waals surface area contributed by atoms with Crippen LogP contribution >= 0.6 is 11.6 Å². The molecular weight excluding hydrogens is 360 g/mol. The topological polar surface area (TPSA) is 47.1 Å². The van der Waals surface area contributed by atoms with Crippen molar-refractivity contribution in [2.75, 3.05) is 7.11 Å². The van der Waals surface area contributed by atoms with Crippen LogP contribution in [0.3, 0.4) is 0 Å².